The number of nitrogens with zero attached hydrogens (tertiary/aromatic N) is 2. The molecule has 1 heterocycles. The van der Waals surface area contributed by atoms with Gasteiger partial charge in [0.05, 0.1) is 12.2 Å². The van der Waals surface area contributed by atoms with E-state index in [0.29, 0.717) is 19.5 Å². The molecule has 0 bridgehead atoms. The number of carboxylic acid groups (broad SMARTS) is 1. The minimum absolute atomic E-state index is 0.142. The van der Waals surface area contributed by atoms with Crippen molar-refractivity contribution >= 4 is 12.0 Å². The number of carbonyl (C=O) groups excluding carboxylic acids is 1. The molecule has 0 aliphatic heterocycles. The topological polar surface area (TPSA) is 96.3 Å². The minimum Gasteiger partial charge on any atom is -0.481 e. The van der Waals surface area contributed by atoms with Crippen molar-refractivity contribution in [2.45, 2.75) is 19.9 Å². The lowest BCUT2D eigenvalue weighted by Gasteiger charge is -2.12. The smallest absolute Gasteiger partial charge is 0.314 e. The summed E-state index contributed by atoms with van der Waals surface area (Å²) < 4.78 is 1.84. The lowest BCUT2D eigenvalue weighted by atomic mass is 10.1. The highest BCUT2D eigenvalue weighted by molar-refractivity contribution is 5.75. The highest BCUT2D eigenvalue weighted by atomic mass is 16.4. The molecule has 3 N–H and O–H groups in total. The summed E-state index contributed by atoms with van der Waals surface area (Å²) in [6.45, 7) is 3.01. The van der Waals surface area contributed by atoms with E-state index in [2.05, 4.69) is 15.6 Å². The van der Waals surface area contributed by atoms with Crippen LogP contribution in [0, 0.1) is 5.92 Å². The summed E-state index contributed by atoms with van der Waals surface area (Å²) in [5, 5.41) is 14.0. The number of hydrogen-bond donors (Lipinski definition) is 3. The lowest BCUT2D eigenvalue weighted by Crippen LogP contribution is -2.40. The van der Waals surface area contributed by atoms with Crippen LogP contribution in [0.25, 0.3) is 0 Å². The number of carbonyl (C=O) groups is 2. The Labute approximate surface area is 105 Å². The standard InChI is InChI=1S/C11H18N4O3/c1-2-9(10(16)17)7-14-11(18)13-4-6-15-5-3-12-8-15/h3,5,8-9H,2,4,6-7H2,1H3,(H,16,17)(H2,13,14,18). The molecule has 0 aliphatic carbocycles. The molecule has 1 rings (SSSR count). The largest absolute Gasteiger partial charge is 0.481 e. The number of urea groups is 1. The van der Waals surface area contributed by atoms with Gasteiger partial charge < -0.3 is 20.3 Å². The zero-order valence-corrected chi connectivity index (χ0v) is 10.3. The van der Waals surface area contributed by atoms with Crippen LogP contribution < -0.4 is 10.6 Å². The molecule has 0 radical (unpaired) electrons. The van der Waals surface area contributed by atoms with Gasteiger partial charge in [-0.15, -0.1) is 0 Å². The summed E-state index contributed by atoms with van der Waals surface area (Å²) >= 11 is 0. The second-order valence-corrected chi connectivity index (χ2v) is 3.88. The van der Waals surface area contributed by atoms with Crippen molar-refractivity contribution in [2.75, 3.05) is 13.1 Å². The Morgan fingerprint density at radius 3 is 2.78 bits per heavy atom. The molecule has 1 unspecified atom stereocenters. The van der Waals surface area contributed by atoms with Crippen LogP contribution in [0.15, 0.2) is 18.7 Å². The summed E-state index contributed by atoms with van der Waals surface area (Å²) in [5.74, 6) is -1.43. The quantitative estimate of drug-likeness (QED) is 0.651. The van der Waals surface area contributed by atoms with Crippen molar-refractivity contribution in [3.05, 3.63) is 18.7 Å². The van der Waals surface area contributed by atoms with Crippen molar-refractivity contribution in [1.82, 2.24) is 20.2 Å². The van der Waals surface area contributed by atoms with Crippen LogP contribution in [-0.4, -0.2) is 39.7 Å². The van der Waals surface area contributed by atoms with Gasteiger partial charge in [0.15, 0.2) is 0 Å². The van der Waals surface area contributed by atoms with Crippen LogP contribution in [0.2, 0.25) is 0 Å². The Hall–Kier alpha value is -2.05. The summed E-state index contributed by atoms with van der Waals surface area (Å²) in [7, 11) is 0. The molecule has 1 aromatic rings. The van der Waals surface area contributed by atoms with Crippen molar-refractivity contribution < 1.29 is 14.7 Å². The normalized spacial score (nSPS) is 11.8. The summed E-state index contributed by atoms with van der Waals surface area (Å²) in [6, 6.07) is -0.352. The third-order valence-electron chi connectivity index (χ3n) is 2.57. The molecule has 0 aromatic carbocycles. The van der Waals surface area contributed by atoms with Gasteiger partial charge in [0.1, 0.15) is 0 Å². The van der Waals surface area contributed by atoms with Gasteiger partial charge >= 0.3 is 12.0 Å². The molecule has 7 heteroatoms. The molecule has 100 valence electrons. The first-order valence-electron chi connectivity index (χ1n) is 5.83. The Morgan fingerprint density at radius 2 is 2.22 bits per heavy atom. The maximum atomic E-state index is 11.4. The Morgan fingerprint density at radius 1 is 1.44 bits per heavy atom. The Bertz CT molecular complexity index is 378. The number of hydrogen-bond acceptors (Lipinski definition) is 3. The van der Waals surface area contributed by atoms with Crippen LogP contribution in [0.4, 0.5) is 4.79 Å². The first kappa shape index (κ1) is 14.0. The fourth-order valence-electron chi connectivity index (χ4n) is 1.40. The number of imidazole rings is 1. The minimum atomic E-state index is -0.892. The van der Waals surface area contributed by atoms with Crippen LogP contribution in [0.5, 0.6) is 0 Å². The predicted molar refractivity (Wildman–Crippen MR) is 65.0 cm³/mol. The van der Waals surface area contributed by atoms with Crippen molar-refractivity contribution in [3.63, 3.8) is 0 Å². The van der Waals surface area contributed by atoms with Gasteiger partial charge in [-0.25, -0.2) is 9.78 Å². The van der Waals surface area contributed by atoms with Crippen LogP contribution in [0.3, 0.4) is 0 Å². The molecule has 2 amide bonds. The van der Waals surface area contributed by atoms with Gasteiger partial charge in [0.25, 0.3) is 0 Å². The molecule has 0 saturated carbocycles. The number of nitrogens with one attached hydrogen (secondary N) is 2. The van der Waals surface area contributed by atoms with Gasteiger partial charge in [0.2, 0.25) is 0 Å². The number of carboxylic acids is 1. The molecule has 1 aromatic heterocycles. The van der Waals surface area contributed by atoms with E-state index in [1.165, 1.54) is 0 Å². The molecule has 7 nitrogen and oxygen atoms in total. The molecule has 0 aliphatic rings. The summed E-state index contributed by atoms with van der Waals surface area (Å²) in [5.41, 5.74) is 0. The van der Waals surface area contributed by atoms with E-state index in [1.54, 1.807) is 25.6 Å². The average molecular weight is 254 g/mol. The summed E-state index contributed by atoms with van der Waals surface area (Å²) in [4.78, 5) is 26.0. The van der Waals surface area contributed by atoms with E-state index in [9.17, 15) is 9.59 Å². The molecular formula is C11H18N4O3. The predicted octanol–water partition coefficient (Wildman–Crippen LogP) is 0.293. The molecule has 0 spiro atoms. The highest BCUT2D eigenvalue weighted by Crippen LogP contribution is 1.99. The molecule has 0 fully saturated rings. The Kier molecular flexibility index (Phi) is 5.69. The number of amides is 2. The third kappa shape index (κ3) is 4.86. The van der Waals surface area contributed by atoms with E-state index in [1.807, 2.05) is 4.57 Å². The first-order chi connectivity index (χ1) is 8.63. The van der Waals surface area contributed by atoms with Gasteiger partial charge in [-0.05, 0) is 6.42 Å². The van der Waals surface area contributed by atoms with Crippen LogP contribution in [0.1, 0.15) is 13.3 Å². The zero-order valence-electron chi connectivity index (χ0n) is 10.3. The van der Waals surface area contributed by atoms with Crippen molar-refractivity contribution in [1.29, 1.82) is 0 Å². The maximum Gasteiger partial charge on any atom is 0.314 e. The van der Waals surface area contributed by atoms with E-state index in [0.717, 1.165) is 0 Å². The van der Waals surface area contributed by atoms with Crippen LogP contribution in [-0.2, 0) is 11.3 Å². The molecule has 1 atom stereocenters. The fraction of sp³-hybridized carbons (Fsp3) is 0.545. The maximum absolute atomic E-state index is 11.4. The van der Waals surface area contributed by atoms with Gasteiger partial charge in [-0.2, -0.15) is 0 Å². The van der Waals surface area contributed by atoms with Gasteiger partial charge in [-0.3, -0.25) is 4.79 Å². The average Bonchev–Trinajstić information content (AvgIpc) is 2.82. The van der Waals surface area contributed by atoms with Gasteiger partial charge in [0, 0.05) is 32.0 Å². The lowest BCUT2D eigenvalue weighted by molar-refractivity contribution is -0.141. The Balaban J connectivity index is 2.15. The molecular weight excluding hydrogens is 236 g/mol. The van der Waals surface area contributed by atoms with Crippen LogP contribution >= 0.6 is 0 Å². The van der Waals surface area contributed by atoms with E-state index in [4.69, 9.17) is 5.11 Å². The number of aromatic nitrogens is 2. The van der Waals surface area contributed by atoms with E-state index < -0.39 is 11.9 Å². The number of aliphatic carboxylic acids is 1. The van der Waals surface area contributed by atoms with E-state index in [-0.39, 0.29) is 12.6 Å². The SMILES string of the molecule is CCC(CNC(=O)NCCn1ccnc1)C(=O)O. The molecule has 18 heavy (non-hydrogen) atoms. The van der Waals surface area contributed by atoms with Crippen molar-refractivity contribution in [2.24, 2.45) is 5.92 Å². The second kappa shape index (κ2) is 7.31. The fourth-order valence-corrected chi connectivity index (χ4v) is 1.40. The zero-order chi connectivity index (χ0) is 13.4. The number of rotatable bonds is 7. The van der Waals surface area contributed by atoms with Crippen molar-refractivity contribution in [3.8, 4) is 0 Å². The third-order valence-corrected chi connectivity index (χ3v) is 2.57. The molecule has 0 saturated heterocycles. The highest BCUT2D eigenvalue weighted by Gasteiger charge is 2.15. The second-order valence-electron chi connectivity index (χ2n) is 3.88. The monoisotopic (exact) mass is 254 g/mol. The van der Waals surface area contributed by atoms with Gasteiger partial charge in [-0.1, -0.05) is 6.92 Å². The first-order valence-corrected chi connectivity index (χ1v) is 5.83. The van der Waals surface area contributed by atoms with E-state index >= 15 is 0 Å². The summed E-state index contributed by atoms with van der Waals surface area (Å²) in [6.07, 6.45) is 5.62.